The molecule has 1 spiro atoms. The monoisotopic (exact) mass is 557 g/mol. The third-order valence-electron chi connectivity index (χ3n) is 8.19. The summed E-state index contributed by atoms with van der Waals surface area (Å²) in [6.45, 7) is 1.55. The highest BCUT2D eigenvalue weighted by atomic mass is 16.3. The van der Waals surface area contributed by atoms with E-state index < -0.39 is 46.4 Å². The maximum absolute atomic E-state index is 13.5. The van der Waals surface area contributed by atoms with Gasteiger partial charge in [0, 0.05) is 51.3 Å². The summed E-state index contributed by atoms with van der Waals surface area (Å²) in [7, 11) is 2.64. The van der Waals surface area contributed by atoms with E-state index in [9.17, 15) is 29.1 Å². The number of benzene rings is 2. The molecule has 0 radical (unpaired) electrons. The normalized spacial score (nSPS) is 19.7. The average Bonchev–Trinajstić information content (AvgIpc) is 2.97. The number of para-hydroxylation sites is 1. The third-order valence-corrected chi connectivity index (χ3v) is 8.19. The number of aliphatic imine (C=N–C) groups is 1. The largest absolute Gasteiger partial charge is 0.494 e. The second-order valence-electron chi connectivity index (χ2n) is 10.4. The lowest BCUT2D eigenvalue weighted by atomic mass is 9.68. The number of nitrogens with zero attached hydrogens (tertiary/aromatic N) is 5. The van der Waals surface area contributed by atoms with Crippen LogP contribution in [0.25, 0.3) is 0 Å². The zero-order valence-electron chi connectivity index (χ0n) is 22.3. The van der Waals surface area contributed by atoms with Gasteiger partial charge in [0.05, 0.1) is 11.7 Å². The van der Waals surface area contributed by atoms with Crippen molar-refractivity contribution in [1.82, 2.24) is 19.8 Å². The quantitative estimate of drug-likeness (QED) is 0.303. The van der Waals surface area contributed by atoms with Gasteiger partial charge in [0.1, 0.15) is 5.56 Å². The molecule has 3 aliphatic heterocycles. The summed E-state index contributed by atoms with van der Waals surface area (Å²) < 4.78 is 1.81. The lowest BCUT2D eigenvalue weighted by Gasteiger charge is -2.54. The Labute approximate surface area is 233 Å². The summed E-state index contributed by atoms with van der Waals surface area (Å²) in [6, 6.07) is 13.6. The minimum Gasteiger partial charge on any atom is -0.494 e. The molecule has 6 rings (SSSR count). The van der Waals surface area contributed by atoms with E-state index in [1.54, 1.807) is 12.1 Å². The number of nitrogens with one attached hydrogen (secondary N) is 2. The van der Waals surface area contributed by atoms with Gasteiger partial charge in [-0.25, -0.2) is 9.59 Å². The Hall–Kier alpha value is -5.20. The van der Waals surface area contributed by atoms with Crippen LogP contribution in [-0.4, -0.2) is 64.0 Å². The van der Waals surface area contributed by atoms with Gasteiger partial charge in [-0.15, -0.1) is 0 Å². The van der Waals surface area contributed by atoms with Crippen LogP contribution >= 0.6 is 0 Å². The molecule has 3 aliphatic rings. The van der Waals surface area contributed by atoms with Crippen molar-refractivity contribution in [2.24, 2.45) is 24.5 Å². The Kier molecular flexibility index (Phi) is 6.01. The Morgan fingerprint density at radius 1 is 0.951 bits per heavy atom. The fraction of sp³-hybridized carbons (Fsp3) is 0.286. The first-order chi connectivity index (χ1) is 19.6. The topological polar surface area (TPSA) is 158 Å². The SMILES string of the molecule is Cn1c(O)c(C=Nc2ccc3c(c2)CC2(C(=O)NC(=O)NC2=O)[C@@H]2CN(c4ccccc4)CCN32)c(=O)n(C)c1=O. The molecule has 4 heterocycles. The van der Waals surface area contributed by atoms with Crippen LogP contribution in [0.1, 0.15) is 11.1 Å². The predicted molar refractivity (Wildman–Crippen MR) is 150 cm³/mol. The van der Waals surface area contributed by atoms with Crippen LogP contribution in [0.2, 0.25) is 0 Å². The van der Waals surface area contributed by atoms with Gasteiger partial charge in [-0.2, -0.15) is 0 Å². The van der Waals surface area contributed by atoms with Crippen molar-refractivity contribution in [2.75, 3.05) is 29.4 Å². The highest BCUT2D eigenvalue weighted by Gasteiger charge is 2.60. The molecule has 41 heavy (non-hydrogen) atoms. The van der Waals surface area contributed by atoms with Gasteiger partial charge in [0.15, 0.2) is 5.41 Å². The first-order valence-corrected chi connectivity index (χ1v) is 13.0. The second-order valence-corrected chi connectivity index (χ2v) is 10.4. The van der Waals surface area contributed by atoms with Crippen molar-refractivity contribution in [2.45, 2.75) is 12.5 Å². The second kappa shape index (κ2) is 9.47. The Bertz CT molecular complexity index is 1740. The zero-order valence-corrected chi connectivity index (χ0v) is 22.3. The van der Waals surface area contributed by atoms with Crippen molar-refractivity contribution in [3.05, 3.63) is 80.5 Å². The Morgan fingerprint density at radius 2 is 1.66 bits per heavy atom. The number of aromatic nitrogens is 2. The number of urea groups is 1. The van der Waals surface area contributed by atoms with Crippen molar-refractivity contribution >= 4 is 41.1 Å². The van der Waals surface area contributed by atoms with Crippen molar-refractivity contribution < 1.29 is 19.5 Å². The van der Waals surface area contributed by atoms with E-state index in [0.29, 0.717) is 30.9 Å². The van der Waals surface area contributed by atoms with Gasteiger partial charge < -0.3 is 14.9 Å². The first-order valence-electron chi connectivity index (χ1n) is 13.0. The summed E-state index contributed by atoms with van der Waals surface area (Å²) in [5, 5.41) is 15.0. The molecule has 0 aliphatic carbocycles. The molecule has 2 saturated heterocycles. The molecule has 2 fully saturated rings. The number of rotatable bonds is 3. The molecule has 13 nitrogen and oxygen atoms in total. The molecule has 0 unspecified atom stereocenters. The smallest absolute Gasteiger partial charge is 0.333 e. The van der Waals surface area contributed by atoms with Gasteiger partial charge in [0.2, 0.25) is 17.7 Å². The number of hydrogen-bond acceptors (Lipinski definition) is 9. The van der Waals surface area contributed by atoms with Crippen LogP contribution in [0.15, 0.2) is 63.1 Å². The van der Waals surface area contributed by atoms with Crippen LogP contribution in [0, 0.1) is 5.41 Å². The summed E-state index contributed by atoms with van der Waals surface area (Å²) in [4.78, 5) is 72.2. The number of hydrogen-bond donors (Lipinski definition) is 3. The minimum atomic E-state index is -1.58. The number of imide groups is 2. The van der Waals surface area contributed by atoms with Crippen LogP contribution in [-0.2, 0) is 30.1 Å². The molecule has 3 N–H and O–H groups in total. The summed E-state index contributed by atoms with van der Waals surface area (Å²) in [6.07, 6.45) is 1.20. The fourth-order valence-corrected chi connectivity index (χ4v) is 6.00. The van der Waals surface area contributed by atoms with Crippen molar-refractivity contribution in [1.29, 1.82) is 0 Å². The standard InChI is InChI=1S/C28H27N7O6/c1-32-22(36)19(23(37)33(2)27(32)41)14-29-17-8-9-20-16(12-17)13-28(24(38)30-26(40)31-25(28)39)21-15-34(10-11-35(20)21)18-6-4-3-5-7-18/h3-9,12,14,21,36H,10-11,13,15H2,1-2H3,(H2,30,31,38,39,40)/t21-/m0/s1. The number of carbonyl (C=O) groups excluding carboxylic acids is 3. The number of amides is 4. The van der Waals surface area contributed by atoms with Crippen LogP contribution in [0.3, 0.4) is 0 Å². The molecule has 3 aromatic rings. The zero-order chi connectivity index (χ0) is 29.1. The summed E-state index contributed by atoms with van der Waals surface area (Å²) >= 11 is 0. The van der Waals surface area contributed by atoms with Crippen LogP contribution in [0.5, 0.6) is 5.88 Å². The van der Waals surface area contributed by atoms with E-state index in [2.05, 4.69) is 20.5 Å². The molecule has 1 aromatic heterocycles. The average molecular weight is 558 g/mol. The Morgan fingerprint density at radius 3 is 2.37 bits per heavy atom. The molecular formula is C28H27N7O6. The van der Waals surface area contributed by atoms with E-state index in [0.717, 1.165) is 20.5 Å². The summed E-state index contributed by atoms with van der Waals surface area (Å²) in [5.74, 6) is -1.83. The van der Waals surface area contributed by atoms with Crippen LogP contribution < -0.4 is 31.7 Å². The lowest BCUT2D eigenvalue weighted by Crippen LogP contribution is -2.74. The number of anilines is 2. The highest BCUT2D eigenvalue weighted by molar-refractivity contribution is 6.20. The van der Waals surface area contributed by atoms with Gasteiger partial charge >= 0.3 is 11.7 Å². The molecule has 13 heteroatoms. The number of aromatic hydroxyl groups is 1. The molecule has 2 aromatic carbocycles. The molecule has 0 bridgehead atoms. The molecule has 210 valence electrons. The van der Waals surface area contributed by atoms with Crippen LogP contribution in [0.4, 0.5) is 21.9 Å². The van der Waals surface area contributed by atoms with Gasteiger partial charge in [-0.3, -0.25) is 39.1 Å². The molecule has 0 saturated carbocycles. The molecular weight excluding hydrogens is 530 g/mol. The maximum atomic E-state index is 13.5. The maximum Gasteiger partial charge on any atom is 0.333 e. The lowest BCUT2D eigenvalue weighted by molar-refractivity contribution is -0.146. The minimum absolute atomic E-state index is 0.0211. The highest BCUT2D eigenvalue weighted by Crippen LogP contribution is 2.45. The third kappa shape index (κ3) is 4.00. The van der Waals surface area contributed by atoms with E-state index in [-0.39, 0.29) is 12.0 Å². The number of piperazine rings is 1. The number of carbonyl (C=O) groups is 3. The predicted octanol–water partition coefficient (Wildman–Crippen LogP) is 0.144. The van der Waals surface area contributed by atoms with Crippen molar-refractivity contribution in [3.8, 4) is 5.88 Å². The Balaban J connectivity index is 1.41. The van der Waals surface area contributed by atoms with Crippen molar-refractivity contribution in [3.63, 3.8) is 0 Å². The summed E-state index contributed by atoms with van der Waals surface area (Å²) in [5.41, 5.74) is -0.236. The van der Waals surface area contributed by atoms with E-state index in [1.165, 1.54) is 20.3 Å². The van der Waals surface area contributed by atoms with E-state index in [4.69, 9.17) is 0 Å². The first kappa shape index (κ1) is 26.0. The van der Waals surface area contributed by atoms with E-state index in [1.807, 2.05) is 41.3 Å². The van der Waals surface area contributed by atoms with Gasteiger partial charge in [-0.1, -0.05) is 18.2 Å². The molecule has 1 atom stereocenters. The van der Waals surface area contributed by atoms with Gasteiger partial charge in [-0.05, 0) is 42.3 Å². The fourth-order valence-electron chi connectivity index (χ4n) is 6.00. The number of barbiturate groups is 1. The molecule has 4 amide bonds. The van der Waals surface area contributed by atoms with Gasteiger partial charge in [0.25, 0.3) is 5.56 Å². The van der Waals surface area contributed by atoms with E-state index >= 15 is 0 Å². The number of fused-ring (bicyclic) bond motifs is 4.